The van der Waals surface area contributed by atoms with Crippen LogP contribution in [0.25, 0.3) is 21.8 Å². The number of H-pyrrole nitrogens is 1. The van der Waals surface area contributed by atoms with E-state index < -0.39 is 0 Å². The number of nitrogens with one attached hydrogen (secondary N) is 1. The van der Waals surface area contributed by atoms with Crippen LogP contribution in [0.5, 0.6) is 0 Å². The van der Waals surface area contributed by atoms with Gasteiger partial charge in [0.1, 0.15) is 17.8 Å². The number of furan rings is 1. The van der Waals surface area contributed by atoms with Crippen LogP contribution in [0.3, 0.4) is 0 Å². The smallest absolute Gasteiger partial charge is 0.291 e. The molecule has 154 valence electrons. The molecule has 4 aromatic rings. The molecule has 1 saturated heterocycles. The van der Waals surface area contributed by atoms with Crippen molar-refractivity contribution in [1.29, 1.82) is 0 Å². The van der Waals surface area contributed by atoms with Crippen molar-refractivity contribution in [2.24, 2.45) is 0 Å². The van der Waals surface area contributed by atoms with Gasteiger partial charge in [-0.1, -0.05) is 18.2 Å². The second-order valence-electron chi connectivity index (χ2n) is 7.56. The summed E-state index contributed by atoms with van der Waals surface area (Å²) in [6.45, 7) is 1.36. The van der Waals surface area contributed by atoms with E-state index in [9.17, 15) is 9.59 Å². The number of aromatic amines is 1. The van der Waals surface area contributed by atoms with E-state index in [2.05, 4.69) is 10.1 Å². The van der Waals surface area contributed by atoms with Gasteiger partial charge in [-0.05, 0) is 31.0 Å². The van der Waals surface area contributed by atoms with Crippen molar-refractivity contribution in [3.8, 4) is 0 Å². The third-order valence-corrected chi connectivity index (χ3v) is 5.53. The maximum Gasteiger partial charge on any atom is 0.291 e. The molecular formula is C22H22N4O4. The molecule has 3 aromatic heterocycles. The molecule has 0 bridgehead atoms. The lowest BCUT2D eigenvalue weighted by atomic mass is 10.2. The van der Waals surface area contributed by atoms with Gasteiger partial charge in [0.2, 0.25) is 5.91 Å². The summed E-state index contributed by atoms with van der Waals surface area (Å²) in [6, 6.07) is 11.3. The number of hydrogen-bond acceptors (Lipinski definition) is 5. The molecule has 0 saturated carbocycles. The monoisotopic (exact) mass is 406 g/mol. The van der Waals surface area contributed by atoms with E-state index >= 15 is 0 Å². The Morgan fingerprint density at radius 1 is 1.23 bits per heavy atom. The molecule has 1 aliphatic heterocycles. The molecule has 0 radical (unpaired) electrons. The van der Waals surface area contributed by atoms with Crippen molar-refractivity contribution in [1.82, 2.24) is 19.7 Å². The van der Waals surface area contributed by atoms with Gasteiger partial charge in [0.15, 0.2) is 0 Å². The summed E-state index contributed by atoms with van der Waals surface area (Å²) >= 11 is 0. The quantitative estimate of drug-likeness (QED) is 0.531. The number of carbonyl (C=O) groups excluding carboxylic acids is 1. The van der Waals surface area contributed by atoms with Gasteiger partial charge in [-0.15, -0.1) is 0 Å². The lowest BCUT2D eigenvalue weighted by Crippen LogP contribution is -2.40. The molecule has 0 aliphatic carbocycles. The Labute approximate surface area is 172 Å². The minimum Gasteiger partial charge on any atom is -0.467 e. The number of para-hydroxylation sites is 1. The lowest BCUT2D eigenvalue weighted by Gasteiger charge is -2.24. The molecule has 1 aliphatic rings. The van der Waals surface area contributed by atoms with Crippen LogP contribution in [-0.4, -0.2) is 44.8 Å². The predicted molar refractivity (Wildman–Crippen MR) is 111 cm³/mol. The van der Waals surface area contributed by atoms with Gasteiger partial charge in [0.25, 0.3) is 5.56 Å². The van der Waals surface area contributed by atoms with Crippen molar-refractivity contribution in [2.45, 2.75) is 32.0 Å². The average molecular weight is 406 g/mol. The third kappa shape index (κ3) is 3.50. The SMILES string of the molecule is O=C(Cn1ncc2c([nH]c3ccccc32)c1=O)N(Cc1ccco1)CC1CCCO1. The van der Waals surface area contributed by atoms with E-state index in [-0.39, 0.29) is 24.1 Å². The van der Waals surface area contributed by atoms with Gasteiger partial charge in [-0.2, -0.15) is 5.10 Å². The molecule has 1 aromatic carbocycles. The number of ether oxygens (including phenoxy) is 1. The second-order valence-corrected chi connectivity index (χ2v) is 7.56. The van der Waals surface area contributed by atoms with E-state index in [1.54, 1.807) is 23.4 Å². The van der Waals surface area contributed by atoms with Crippen molar-refractivity contribution in [2.75, 3.05) is 13.2 Å². The van der Waals surface area contributed by atoms with Gasteiger partial charge < -0.3 is 19.0 Å². The standard InChI is InChI=1S/C22H22N4O4/c27-20(25(12-15-5-3-9-29-15)13-16-6-4-10-30-16)14-26-22(28)21-18(11-23-26)17-7-1-2-8-19(17)24-21/h1-3,5,7-9,11,16,24H,4,6,10,12-14H2. The molecule has 1 amide bonds. The minimum atomic E-state index is -0.313. The van der Waals surface area contributed by atoms with Crippen molar-refractivity contribution < 1.29 is 13.9 Å². The first-order valence-corrected chi connectivity index (χ1v) is 10.1. The highest BCUT2D eigenvalue weighted by Crippen LogP contribution is 2.22. The van der Waals surface area contributed by atoms with Gasteiger partial charge in [0.05, 0.1) is 25.1 Å². The number of rotatable bonds is 6. The van der Waals surface area contributed by atoms with Gasteiger partial charge >= 0.3 is 0 Å². The highest BCUT2D eigenvalue weighted by atomic mass is 16.5. The van der Waals surface area contributed by atoms with Gasteiger partial charge in [0, 0.05) is 29.4 Å². The van der Waals surface area contributed by atoms with Crippen molar-refractivity contribution >= 4 is 27.7 Å². The predicted octanol–water partition coefficient (Wildman–Crippen LogP) is 2.68. The fourth-order valence-corrected chi connectivity index (χ4v) is 4.00. The number of hydrogen-bond donors (Lipinski definition) is 1. The Morgan fingerprint density at radius 3 is 2.93 bits per heavy atom. The normalized spacial score (nSPS) is 16.5. The van der Waals surface area contributed by atoms with Crippen LogP contribution in [0.2, 0.25) is 0 Å². The van der Waals surface area contributed by atoms with E-state index in [4.69, 9.17) is 9.15 Å². The first-order chi connectivity index (χ1) is 14.7. The average Bonchev–Trinajstić information content (AvgIpc) is 3.51. The number of amides is 1. The Balaban J connectivity index is 1.42. The fraction of sp³-hybridized carbons (Fsp3) is 0.318. The first-order valence-electron chi connectivity index (χ1n) is 10.1. The zero-order valence-electron chi connectivity index (χ0n) is 16.4. The number of carbonyl (C=O) groups is 1. The second kappa shape index (κ2) is 7.79. The molecule has 1 N–H and O–H groups in total. The summed E-state index contributed by atoms with van der Waals surface area (Å²) in [5.74, 6) is 0.486. The Morgan fingerprint density at radius 2 is 2.13 bits per heavy atom. The Kier molecular flexibility index (Phi) is 4.84. The zero-order valence-corrected chi connectivity index (χ0v) is 16.4. The highest BCUT2D eigenvalue weighted by Gasteiger charge is 2.24. The van der Waals surface area contributed by atoms with Crippen molar-refractivity contribution in [3.05, 3.63) is 65.0 Å². The van der Waals surface area contributed by atoms with Crippen LogP contribution in [0.4, 0.5) is 0 Å². The van der Waals surface area contributed by atoms with Crippen molar-refractivity contribution in [3.63, 3.8) is 0 Å². The molecule has 1 atom stereocenters. The Bertz CT molecular complexity index is 1240. The highest BCUT2D eigenvalue weighted by molar-refractivity contribution is 6.06. The molecule has 4 heterocycles. The summed E-state index contributed by atoms with van der Waals surface area (Å²) < 4.78 is 12.3. The van der Waals surface area contributed by atoms with E-state index in [0.717, 1.165) is 29.1 Å². The fourth-order valence-electron chi connectivity index (χ4n) is 4.00. The molecule has 1 fully saturated rings. The Hall–Kier alpha value is -3.39. The van der Waals surface area contributed by atoms with Gasteiger partial charge in [-0.25, -0.2) is 4.68 Å². The topological polar surface area (TPSA) is 93.4 Å². The molecular weight excluding hydrogens is 384 g/mol. The maximum absolute atomic E-state index is 13.1. The van der Waals surface area contributed by atoms with Crippen LogP contribution < -0.4 is 5.56 Å². The summed E-state index contributed by atoms with van der Waals surface area (Å²) in [7, 11) is 0. The maximum atomic E-state index is 13.1. The van der Waals surface area contributed by atoms with Crippen LogP contribution in [-0.2, 0) is 22.6 Å². The molecule has 8 heteroatoms. The van der Waals surface area contributed by atoms with Crippen LogP contribution >= 0.6 is 0 Å². The summed E-state index contributed by atoms with van der Waals surface area (Å²) in [4.78, 5) is 30.9. The molecule has 0 spiro atoms. The molecule has 5 rings (SSSR count). The summed E-state index contributed by atoms with van der Waals surface area (Å²) in [5, 5.41) is 5.96. The lowest BCUT2D eigenvalue weighted by molar-refractivity contribution is -0.134. The third-order valence-electron chi connectivity index (χ3n) is 5.53. The first kappa shape index (κ1) is 18.6. The minimum absolute atomic E-state index is 0.00443. The number of benzene rings is 1. The molecule has 8 nitrogen and oxygen atoms in total. The van der Waals surface area contributed by atoms with E-state index in [0.29, 0.717) is 31.0 Å². The van der Waals surface area contributed by atoms with Crippen LogP contribution in [0.1, 0.15) is 18.6 Å². The van der Waals surface area contributed by atoms with Crippen LogP contribution in [0.15, 0.2) is 58.1 Å². The summed E-state index contributed by atoms with van der Waals surface area (Å²) in [6.07, 6.45) is 5.14. The molecule has 30 heavy (non-hydrogen) atoms. The largest absolute Gasteiger partial charge is 0.467 e. The number of aromatic nitrogens is 3. The number of nitrogens with zero attached hydrogens (tertiary/aromatic N) is 3. The zero-order chi connectivity index (χ0) is 20.5. The van der Waals surface area contributed by atoms with E-state index in [1.807, 2.05) is 30.3 Å². The van der Waals surface area contributed by atoms with E-state index in [1.165, 1.54) is 4.68 Å². The summed E-state index contributed by atoms with van der Waals surface area (Å²) in [5.41, 5.74) is 1.01. The van der Waals surface area contributed by atoms with Gasteiger partial charge in [-0.3, -0.25) is 9.59 Å². The number of fused-ring (bicyclic) bond motifs is 3. The molecule has 1 unspecified atom stereocenters. The van der Waals surface area contributed by atoms with Crippen LogP contribution in [0, 0.1) is 0 Å².